The fraction of sp³-hybridized carbons (Fsp3) is 0.222. The topological polar surface area (TPSA) is 54.2 Å². The fourth-order valence-corrected chi connectivity index (χ4v) is 4.45. The average Bonchev–Trinajstić information content (AvgIpc) is 3.36. The highest BCUT2D eigenvalue weighted by atomic mass is 19.1. The van der Waals surface area contributed by atoms with Gasteiger partial charge >= 0.3 is 0 Å². The minimum atomic E-state index is -0.605. The molecule has 1 aliphatic rings. The van der Waals surface area contributed by atoms with E-state index < -0.39 is 5.82 Å². The fourth-order valence-electron chi connectivity index (χ4n) is 4.45. The largest absolute Gasteiger partial charge is 0.354 e. The lowest BCUT2D eigenvalue weighted by atomic mass is 9.97. The van der Waals surface area contributed by atoms with Gasteiger partial charge in [-0.1, -0.05) is 30.3 Å². The molecule has 5 rings (SSSR count). The first kappa shape index (κ1) is 21.9. The van der Waals surface area contributed by atoms with Gasteiger partial charge in [0.1, 0.15) is 11.6 Å². The van der Waals surface area contributed by atoms with E-state index in [1.165, 1.54) is 18.2 Å². The van der Waals surface area contributed by atoms with Crippen molar-refractivity contribution >= 4 is 22.5 Å². The van der Waals surface area contributed by atoms with Crippen LogP contribution in [0.25, 0.3) is 38.1 Å². The highest BCUT2D eigenvalue weighted by Gasteiger charge is 2.18. The zero-order valence-corrected chi connectivity index (χ0v) is 18.7. The van der Waals surface area contributed by atoms with Crippen LogP contribution in [-0.2, 0) is 0 Å². The first-order chi connectivity index (χ1) is 16.5. The van der Waals surface area contributed by atoms with Crippen molar-refractivity contribution in [2.75, 3.05) is 25.0 Å². The lowest BCUT2D eigenvalue weighted by Gasteiger charge is -2.14. The Morgan fingerprint density at radius 1 is 1.06 bits per heavy atom. The number of hydrogen-bond donors (Lipinski definition) is 2. The molecule has 0 amide bonds. The maximum Gasteiger partial charge on any atom is 0.223 e. The Labute approximate surface area is 196 Å². The van der Waals surface area contributed by atoms with Gasteiger partial charge in [-0.15, -0.1) is 0 Å². The number of fused-ring (bicyclic) bond motifs is 1. The Bertz CT molecular complexity index is 1400. The number of halogens is 2. The van der Waals surface area contributed by atoms with E-state index >= 15 is 0 Å². The number of anilines is 1. The predicted octanol–water partition coefficient (Wildman–Crippen LogP) is 6.12. The van der Waals surface area contributed by atoms with E-state index in [1.54, 1.807) is 12.1 Å². The van der Waals surface area contributed by atoms with E-state index in [4.69, 9.17) is 11.6 Å². The molecule has 0 radical (unpaired) electrons. The van der Waals surface area contributed by atoms with E-state index in [0.717, 1.165) is 31.6 Å². The Morgan fingerprint density at radius 3 is 2.65 bits per heavy atom. The van der Waals surface area contributed by atoms with Gasteiger partial charge in [-0.05, 0) is 67.7 Å². The first-order valence-corrected chi connectivity index (χ1v) is 11.2. The lowest BCUT2D eigenvalue weighted by Crippen LogP contribution is -2.18. The summed E-state index contributed by atoms with van der Waals surface area (Å²) in [5, 5.41) is 7.36. The van der Waals surface area contributed by atoms with Crippen molar-refractivity contribution in [1.82, 2.24) is 15.3 Å². The molecule has 0 unspecified atom stereocenters. The Kier molecular flexibility index (Phi) is 5.91. The summed E-state index contributed by atoms with van der Waals surface area (Å²) in [7, 11) is 0. The van der Waals surface area contributed by atoms with Gasteiger partial charge in [0.15, 0.2) is 0 Å². The van der Waals surface area contributed by atoms with Crippen molar-refractivity contribution in [2.24, 2.45) is 5.92 Å². The molecular weight excluding hydrogens is 432 g/mol. The van der Waals surface area contributed by atoms with E-state index in [-0.39, 0.29) is 11.5 Å². The van der Waals surface area contributed by atoms with E-state index in [1.807, 2.05) is 31.2 Å². The van der Waals surface area contributed by atoms with Crippen LogP contribution in [0.5, 0.6) is 0 Å². The quantitative estimate of drug-likeness (QED) is 0.356. The van der Waals surface area contributed by atoms with Crippen molar-refractivity contribution in [2.45, 2.75) is 13.3 Å². The number of aryl methyl sites for hydroxylation is 1. The number of hydrogen-bond acceptors (Lipinski definition) is 4. The SMILES string of the molecule is [C-]#[N+]c1ccc(-c2nc(NC[C@H]3CCNC3)nc3ccc(-c4c(C)cccc4F)cc23)cc1F. The van der Waals surface area contributed by atoms with Gasteiger partial charge in [0.25, 0.3) is 0 Å². The molecule has 0 bridgehead atoms. The molecule has 2 heterocycles. The summed E-state index contributed by atoms with van der Waals surface area (Å²) in [6, 6.07) is 15.0. The molecule has 2 N–H and O–H groups in total. The van der Waals surface area contributed by atoms with Crippen LogP contribution >= 0.6 is 0 Å². The summed E-state index contributed by atoms with van der Waals surface area (Å²) in [4.78, 5) is 12.6. The predicted molar refractivity (Wildman–Crippen MR) is 131 cm³/mol. The second kappa shape index (κ2) is 9.16. The molecule has 34 heavy (non-hydrogen) atoms. The molecule has 0 saturated carbocycles. The molecule has 1 aromatic heterocycles. The summed E-state index contributed by atoms with van der Waals surface area (Å²) in [5.74, 6) is 0.0353. The summed E-state index contributed by atoms with van der Waals surface area (Å²) in [5.41, 5.74) is 3.72. The third-order valence-corrected chi connectivity index (χ3v) is 6.26. The van der Waals surface area contributed by atoms with Gasteiger partial charge in [0, 0.05) is 23.1 Å². The standard InChI is InChI=1S/C27H23F2N5/c1-16-4-3-5-21(28)25(16)18-6-8-23-20(12-18)26(19-7-9-24(30-2)22(29)13-19)34-27(33-23)32-15-17-10-11-31-14-17/h3-9,12-13,17,31H,10-11,14-15H2,1H3,(H,32,33,34)/t17-/m0/s1. The Hall–Kier alpha value is -3.89. The summed E-state index contributed by atoms with van der Waals surface area (Å²) in [6.45, 7) is 11.7. The zero-order valence-electron chi connectivity index (χ0n) is 18.7. The molecule has 1 aliphatic heterocycles. The van der Waals surface area contributed by atoms with Crippen LogP contribution in [-0.4, -0.2) is 29.6 Å². The van der Waals surface area contributed by atoms with Gasteiger partial charge < -0.3 is 10.6 Å². The number of nitrogens with one attached hydrogen (secondary N) is 2. The normalized spacial score (nSPS) is 15.4. The first-order valence-electron chi connectivity index (χ1n) is 11.2. The Morgan fingerprint density at radius 2 is 1.91 bits per heavy atom. The number of nitrogens with zero attached hydrogens (tertiary/aromatic N) is 3. The summed E-state index contributed by atoms with van der Waals surface area (Å²) < 4.78 is 29.2. The van der Waals surface area contributed by atoms with Gasteiger partial charge in [-0.3, -0.25) is 0 Å². The smallest absolute Gasteiger partial charge is 0.223 e. The molecule has 1 saturated heterocycles. The molecule has 5 nitrogen and oxygen atoms in total. The van der Waals surface area contributed by atoms with Gasteiger partial charge in [0.2, 0.25) is 11.6 Å². The van der Waals surface area contributed by atoms with Crippen LogP contribution in [0, 0.1) is 31.0 Å². The van der Waals surface area contributed by atoms with Crippen LogP contribution in [0.15, 0.2) is 54.6 Å². The molecule has 7 heteroatoms. The van der Waals surface area contributed by atoms with Crippen LogP contribution < -0.4 is 10.6 Å². The summed E-state index contributed by atoms with van der Waals surface area (Å²) >= 11 is 0. The molecular formula is C27H23F2N5. The number of aromatic nitrogens is 2. The zero-order chi connectivity index (χ0) is 23.7. The maximum absolute atomic E-state index is 14.7. The van der Waals surface area contributed by atoms with Crippen LogP contribution in [0.3, 0.4) is 0 Å². The third-order valence-electron chi connectivity index (χ3n) is 6.26. The lowest BCUT2D eigenvalue weighted by molar-refractivity contribution is 0.613. The highest BCUT2D eigenvalue weighted by molar-refractivity contribution is 5.96. The molecule has 1 atom stereocenters. The number of benzene rings is 3. The molecule has 0 aliphatic carbocycles. The second-order valence-corrected chi connectivity index (χ2v) is 8.58. The maximum atomic E-state index is 14.7. The minimum absolute atomic E-state index is 0.0446. The van der Waals surface area contributed by atoms with Gasteiger partial charge in [-0.25, -0.2) is 23.6 Å². The van der Waals surface area contributed by atoms with Crippen molar-refractivity contribution in [1.29, 1.82) is 0 Å². The monoisotopic (exact) mass is 455 g/mol. The van der Waals surface area contributed by atoms with Gasteiger partial charge in [0.05, 0.1) is 17.8 Å². The molecule has 4 aromatic rings. The van der Waals surface area contributed by atoms with Crippen molar-refractivity contribution in [3.63, 3.8) is 0 Å². The van der Waals surface area contributed by atoms with Gasteiger partial charge in [-0.2, -0.15) is 0 Å². The summed E-state index contributed by atoms with van der Waals surface area (Å²) in [6.07, 6.45) is 1.09. The van der Waals surface area contributed by atoms with E-state index in [9.17, 15) is 8.78 Å². The third kappa shape index (κ3) is 4.20. The highest BCUT2D eigenvalue weighted by Crippen LogP contribution is 2.34. The van der Waals surface area contributed by atoms with E-state index in [0.29, 0.717) is 45.2 Å². The van der Waals surface area contributed by atoms with E-state index in [2.05, 4.69) is 20.5 Å². The average molecular weight is 456 g/mol. The van der Waals surface area contributed by atoms with Crippen molar-refractivity contribution in [3.05, 3.63) is 83.2 Å². The van der Waals surface area contributed by atoms with Crippen LogP contribution in [0.1, 0.15) is 12.0 Å². The number of rotatable bonds is 5. The molecule has 3 aromatic carbocycles. The van der Waals surface area contributed by atoms with Crippen LogP contribution in [0.4, 0.5) is 20.4 Å². The minimum Gasteiger partial charge on any atom is -0.354 e. The second-order valence-electron chi connectivity index (χ2n) is 8.58. The van der Waals surface area contributed by atoms with Crippen LogP contribution in [0.2, 0.25) is 0 Å². The molecule has 0 spiro atoms. The molecule has 170 valence electrons. The Balaban J connectivity index is 1.65. The molecule has 1 fully saturated rings. The van der Waals surface area contributed by atoms with Crippen molar-refractivity contribution in [3.8, 4) is 22.4 Å². The van der Waals surface area contributed by atoms with Crippen molar-refractivity contribution < 1.29 is 8.78 Å².